The predicted molar refractivity (Wildman–Crippen MR) is 94.3 cm³/mol. The zero-order valence-electron chi connectivity index (χ0n) is 14.4. The molecule has 0 aromatic heterocycles. The van der Waals surface area contributed by atoms with E-state index in [4.69, 9.17) is 4.99 Å². The van der Waals surface area contributed by atoms with Gasteiger partial charge < -0.3 is 10.2 Å². The summed E-state index contributed by atoms with van der Waals surface area (Å²) < 4.78 is 0.324. The number of aliphatic imine (C=N–C) groups is 1. The lowest BCUT2D eigenvalue weighted by Crippen LogP contribution is -2.51. The number of guanidine groups is 1. The van der Waals surface area contributed by atoms with Gasteiger partial charge in [-0.25, -0.2) is 0 Å². The first kappa shape index (κ1) is 16.9. The van der Waals surface area contributed by atoms with Gasteiger partial charge in [-0.2, -0.15) is 11.8 Å². The first-order valence-corrected chi connectivity index (χ1v) is 9.30. The molecule has 2 fully saturated rings. The van der Waals surface area contributed by atoms with Gasteiger partial charge in [0.05, 0.1) is 6.54 Å². The van der Waals surface area contributed by atoms with Crippen LogP contribution in [0.5, 0.6) is 0 Å². The Balaban J connectivity index is 1.94. The Kier molecular flexibility index (Phi) is 5.83. The minimum Gasteiger partial charge on any atom is -0.357 e. The number of rotatable bonds is 5. The molecule has 2 aliphatic rings. The molecule has 4 nitrogen and oxygen atoms in total. The quantitative estimate of drug-likeness (QED) is 0.623. The van der Waals surface area contributed by atoms with Crippen LogP contribution in [0.15, 0.2) is 4.99 Å². The van der Waals surface area contributed by atoms with E-state index in [1.54, 1.807) is 0 Å². The van der Waals surface area contributed by atoms with Gasteiger partial charge in [0.25, 0.3) is 0 Å². The number of likely N-dealkylation sites (N-methyl/N-ethyl adjacent to an activating group) is 1. The van der Waals surface area contributed by atoms with Crippen LogP contribution in [0, 0.1) is 0 Å². The average Bonchev–Trinajstić information content (AvgIpc) is 3.25. The van der Waals surface area contributed by atoms with E-state index in [9.17, 15) is 0 Å². The minimum atomic E-state index is 0.324. The maximum absolute atomic E-state index is 4.91. The lowest BCUT2D eigenvalue weighted by atomic mass is 10.2. The molecular formula is C16H32N4S. The van der Waals surface area contributed by atoms with Crippen molar-refractivity contribution in [3.05, 3.63) is 0 Å². The van der Waals surface area contributed by atoms with Crippen molar-refractivity contribution in [2.24, 2.45) is 4.99 Å². The highest BCUT2D eigenvalue weighted by molar-refractivity contribution is 8.00. The molecular weight excluding hydrogens is 280 g/mol. The summed E-state index contributed by atoms with van der Waals surface area (Å²) in [4.78, 5) is 9.84. The van der Waals surface area contributed by atoms with Crippen LogP contribution in [-0.4, -0.2) is 71.6 Å². The molecule has 0 spiro atoms. The first-order valence-electron chi connectivity index (χ1n) is 8.32. The molecule has 0 aromatic carbocycles. The lowest BCUT2D eigenvalue weighted by molar-refractivity contribution is 0.252. The van der Waals surface area contributed by atoms with Crippen molar-refractivity contribution in [3.63, 3.8) is 0 Å². The van der Waals surface area contributed by atoms with Crippen LogP contribution < -0.4 is 5.32 Å². The Morgan fingerprint density at radius 1 is 1.48 bits per heavy atom. The summed E-state index contributed by atoms with van der Waals surface area (Å²) in [6.07, 6.45) is 2.73. The van der Waals surface area contributed by atoms with Gasteiger partial charge in [0, 0.05) is 42.2 Å². The molecule has 0 amide bonds. The van der Waals surface area contributed by atoms with E-state index in [1.165, 1.54) is 18.6 Å². The Bertz CT molecular complexity index is 365. The topological polar surface area (TPSA) is 30.9 Å². The first-order chi connectivity index (χ1) is 9.93. The van der Waals surface area contributed by atoms with Crippen molar-refractivity contribution in [3.8, 4) is 0 Å². The maximum atomic E-state index is 4.91. The van der Waals surface area contributed by atoms with Gasteiger partial charge >= 0.3 is 0 Å². The van der Waals surface area contributed by atoms with E-state index >= 15 is 0 Å². The molecule has 1 aliphatic heterocycles. The van der Waals surface area contributed by atoms with Gasteiger partial charge in [-0.15, -0.1) is 0 Å². The zero-order chi connectivity index (χ0) is 15.5. The highest BCUT2D eigenvalue weighted by atomic mass is 32.2. The minimum absolute atomic E-state index is 0.324. The number of nitrogens with zero attached hydrogens (tertiary/aromatic N) is 3. The number of hydrogen-bond acceptors (Lipinski definition) is 3. The summed E-state index contributed by atoms with van der Waals surface area (Å²) in [5.74, 6) is 2.29. The zero-order valence-corrected chi connectivity index (χ0v) is 15.2. The summed E-state index contributed by atoms with van der Waals surface area (Å²) in [5.41, 5.74) is 0. The van der Waals surface area contributed by atoms with E-state index < -0.39 is 0 Å². The van der Waals surface area contributed by atoms with Gasteiger partial charge in [-0.1, -0.05) is 0 Å². The fraction of sp³-hybridized carbons (Fsp3) is 0.938. The molecule has 1 N–H and O–H groups in total. The molecule has 2 rings (SSSR count). The molecule has 1 heterocycles. The monoisotopic (exact) mass is 312 g/mol. The molecule has 1 atom stereocenters. The van der Waals surface area contributed by atoms with Crippen LogP contribution in [0.2, 0.25) is 0 Å². The van der Waals surface area contributed by atoms with Crippen LogP contribution in [-0.2, 0) is 0 Å². The SMILES string of the molecule is CCNC(=NCC(C)N(C)C1CC1)N1CCSC(C)(C)C1. The van der Waals surface area contributed by atoms with Crippen LogP contribution in [0.4, 0.5) is 0 Å². The molecule has 1 saturated heterocycles. The van der Waals surface area contributed by atoms with Crippen LogP contribution in [0.1, 0.15) is 40.5 Å². The second kappa shape index (κ2) is 7.23. The molecule has 0 bridgehead atoms. The van der Waals surface area contributed by atoms with Crippen molar-refractivity contribution in [1.29, 1.82) is 0 Å². The lowest BCUT2D eigenvalue weighted by Gasteiger charge is -2.39. The predicted octanol–water partition coefficient (Wildman–Crippen LogP) is 2.26. The van der Waals surface area contributed by atoms with E-state index in [1.807, 2.05) is 0 Å². The van der Waals surface area contributed by atoms with Gasteiger partial charge in [-0.3, -0.25) is 9.89 Å². The summed E-state index contributed by atoms with van der Waals surface area (Å²) in [6, 6.07) is 1.33. The highest BCUT2D eigenvalue weighted by Gasteiger charge is 2.30. The van der Waals surface area contributed by atoms with E-state index in [2.05, 4.69) is 61.6 Å². The van der Waals surface area contributed by atoms with Crippen LogP contribution >= 0.6 is 11.8 Å². The largest absolute Gasteiger partial charge is 0.357 e. The number of nitrogens with one attached hydrogen (secondary N) is 1. The summed E-state index contributed by atoms with van der Waals surface area (Å²) >= 11 is 2.07. The number of hydrogen-bond donors (Lipinski definition) is 1. The molecule has 21 heavy (non-hydrogen) atoms. The van der Waals surface area contributed by atoms with Gasteiger partial charge in [0.1, 0.15) is 0 Å². The van der Waals surface area contributed by atoms with E-state index in [0.29, 0.717) is 10.8 Å². The Morgan fingerprint density at radius 2 is 2.19 bits per heavy atom. The van der Waals surface area contributed by atoms with Crippen molar-refractivity contribution in [1.82, 2.24) is 15.1 Å². The van der Waals surface area contributed by atoms with E-state index in [0.717, 1.165) is 38.2 Å². The van der Waals surface area contributed by atoms with Gasteiger partial charge in [0.2, 0.25) is 0 Å². The summed E-state index contributed by atoms with van der Waals surface area (Å²) in [6.45, 7) is 13.1. The smallest absolute Gasteiger partial charge is 0.194 e. The Morgan fingerprint density at radius 3 is 2.76 bits per heavy atom. The maximum Gasteiger partial charge on any atom is 0.194 e. The van der Waals surface area contributed by atoms with Gasteiger partial charge in [0.15, 0.2) is 5.96 Å². The molecule has 1 aliphatic carbocycles. The molecule has 0 radical (unpaired) electrons. The highest BCUT2D eigenvalue weighted by Crippen LogP contribution is 2.29. The van der Waals surface area contributed by atoms with Crippen molar-refractivity contribution in [2.45, 2.75) is 57.4 Å². The van der Waals surface area contributed by atoms with Crippen molar-refractivity contribution in [2.75, 3.05) is 39.0 Å². The Labute approximate surface area is 134 Å². The second-order valence-electron chi connectivity index (χ2n) is 6.97. The summed E-state index contributed by atoms with van der Waals surface area (Å²) in [7, 11) is 2.24. The Hall–Kier alpha value is -0.420. The van der Waals surface area contributed by atoms with Crippen molar-refractivity contribution < 1.29 is 0 Å². The molecule has 0 aromatic rings. The van der Waals surface area contributed by atoms with Crippen LogP contribution in [0.3, 0.4) is 0 Å². The molecule has 122 valence electrons. The fourth-order valence-electron chi connectivity index (χ4n) is 2.81. The number of thioether (sulfide) groups is 1. The van der Waals surface area contributed by atoms with E-state index in [-0.39, 0.29) is 0 Å². The average molecular weight is 313 g/mol. The summed E-state index contributed by atoms with van der Waals surface area (Å²) in [5, 5.41) is 3.48. The third-order valence-electron chi connectivity index (χ3n) is 4.38. The molecule has 1 unspecified atom stereocenters. The normalized spacial score (nSPS) is 24.3. The standard InChI is InChI=1S/C16H32N4S/c1-6-17-15(20-9-10-21-16(3,4)12-20)18-11-13(2)19(5)14-7-8-14/h13-14H,6-12H2,1-5H3,(H,17,18). The van der Waals surface area contributed by atoms with Gasteiger partial charge in [-0.05, 0) is 47.6 Å². The third kappa shape index (κ3) is 5.06. The molecule has 5 heteroatoms. The molecule has 1 saturated carbocycles. The fourth-order valence-corrected chi connectivity index (χ4v) is 3.92. The van der Waals surface area contributed by atoms with Crippen LogP contribution in [0.25, 0.3) is 0 Å². The second-order valence-corrected chi connectivity index (χ2v) is 8.77. The van der Waals surface area contributed by atoms with Crippen molar-refractivity contribution >= 4 is 17.7 Å². The third-order valence-corrected chi connectivity index (χ3v) is 5.68.